The first-order chi connectivity index (χ1) is 5.79. The lowest BCUT2D eigenvalue weighted by molar-refractivity contribution is 0.0694. The van der Waals surface area contributed by atoms with E-state index in [2.05, 4.69) is 9.36 Å². The standard InChI is InChI=1S/C7H4N2O2S/c10-7(11)6-4-1-2-8-3-5(4)12-9-6/h1-3H,(H,10,11). The van der Waals surface area contributed by atoms with Gasteiger partial charge in [0, 0.05) is 17.8 Å². The summed E-state index contributed by atoms with van der Waals surface area (Å²) in [5.41, 5.74) is 0.109. The predicted octanol–water partition coefficient (Wildman–Crippen LogP) is 1.39. The zero-order chi connectivity index (χ0) is 8.55. The molecular formula is C7H4N2O2S. The van der Waals surface area contributed by atoms with Crippen LogP contribution in [-0.2, 0) is 0 Å². The van der Waals surface area contributed by atoms with Gasteiger partial charge in [-0.15, -0.1) is 0 Å². The Morgan fingerprint density at radius 3 is 3.17 bits per heavy atom. The first kappa shape index (κ1) is 7.17. The van der Waals surface area contributed by atoms with Crippen molar-refractivity contribution in [1.82, 2.24) is 9.36 Å². The summed E-state index contributed by atoms with van der Waals surface area (Å²) in [6.45, 7) is 0. The van der Waals surface area contributed by atoms with E-state index in [9.17, 15) is 4.79 Å². The van der Waals surface area contributed by atoms with Crippen molar-refractivity contribution in [3.8, 4) is 0 Å². The van der Waals surface area contributed by atoms with E-state index >= 15 is 0 Å². The van der Waals surface area contributed by atoms with E-state index in [0.29, 0.717) is 5.39 Å². The number of hydrogen-bond acceptors (Lipinski definition) is 4. The smallest absolute Gasteiger partial charge is 0.356 e. The monoisotopic (exact) mass is 180 g/mol. The molecule has 12 heavy (non-hydrogen) atoms. The minimum atomic E-state index is -0.993. The van der Waals surface area contributed by atoms with Crippen molar-refractivity contribution in [3.05, 3.63) is 24.2 Å². The summed E-state index contributed by atoms with van der Waals surface area (Å²) in [6.07, 6.45) is 3.17. The number of hydrogen-bond donors (Lipinski definition) is 1. The first-order valence-electron chi connectivity index (χ1n) is 3.22. The summed E-state index contributed by atoms with van der Waals surface area (Å²) < 4.78 is 4.60. The van der Waals surface area contributed by atoms with E-state index in [-0.39, 0.29) is 5.69 Å². The predicted molar refractivity (Wildman–Crippen MR) is 44.4 cm³/mol. The van der Waals surface area contributed by atoms with Crippen LogP contribution in [0.1, 0.15) is 10.5 Å². The molecule has 0 saturated heterocycles. The van der Waals surface area contributed by atoms with Gasteiger partial charge in [0.2, 0.25) is 0 Å². The number of pyridine rings is 1. The van der Waals surface area contributed by atoms with Crippen LogP contribution < -0.4 is 0 Å². The number of carboxylic acids is 1. The molecule has 0 unspecified atom stereocenters. The second kappa shape index (κ2) is 2.53. The Hall–Kier alpha value is -1.49. The van der Waals surface area contributed by atoms with Gasteiger partial charge in [-0.25, -0.2) is 4.79 Å². The number of carbonyl (C=O) groups is 1. The van der Waals surface area contributed by atoms with Crippen LogP contribution in [0.5, 0.6) is 0 Å². The zero-order valence-electron chi connectivity index (χ0n) is 5.89. The van der Waals surface area contributed by atoms with Crippen molar-refractivity contribution in [2.75, 3.05) is 0 Å². The molecule has 1 N–H and O–H groups in total. The number of carboxylic acid groups (broad SMARTS) is 1. The molecular weight excluding hydrogens is 176 g/mol. The van der Waals surface area contributed by atoms with Gasteiger partial charge >= 0.3 is 5.97 Å². The van der Waals surface area contributed by atoms with Crippen LogP contribution in [0.25, 0.3) is 10.1 Å². The Balaban J connectivity index is 2.79. The topological polar surface area (TPSA) is 63.1 Å². The van der Waals surface area contributed by atoms with Crippen molar-refractivity contribution in [2.45, 2.75) is 0 Å². The second-order valence-electron chi connectivity index (χ2n) is 2.21. The fraction of sp³-hybridized carbons (Fsp3) is 0. The Morgan fingerprint density at radius 2 is 2.42 bits per heavy atom. The molecule has 0 amide bonds. The fourth-order valence-electron chi connectivity index (χ4n) is 0.947. The average molecular weight is 180 g/mol. The number of aromatic nitrogens is 2. The van der Waals surface area contributed by atoms with Crippen molar-refractivity contribution >= 4 is 27.6 Å². The summed E-state index contributed by atoms with van der Waals surface area (Å²) in [4.78, 5) is 14.5. The fourth-order valence-corrected chi connectivity index (χ4v) is 1.68. The summed E-state index contributed by atoms with van der Waals surface area (Å²) in [7, 11) is 0. The molecule has 0 bridgehead atoms. The quantitative estimate of drug-likeness (QED) is 0.720. The van der Waals surface area contributed by atoms with Gasteiger partial charge < -0.3 is 5.11 Å². The van der Waals surface area contributed by atoms with Crippen LogP contribution in [0.2, 0.25) is 0 Å². The molecule has 0 radical (unpaired) electrons. The highest BCUT2D eigenvalue weighted by atomic mass is 32.1. The molecule has 0 spiro atoms. The third-order valence-corrected chi connectivity index (χ3v) is 2.27. The highest BCUT2D eigenvalue weighted by Gasteiger charge is 2.11. The van der Waals surface area contributed by atoms with Crippen LogP contribution in [0, 0.1) is 0 Å². The van der Waals surface area contributed by atoms with Gasteiger partial charge in [-0.2, -0.15) is 4.37 Å². The third-order valence-electron chi connectivity index (χ3n) is 1.48. The van der Waals surface area contributed by atoms with E-state index in [1.807, 2.05) is 0 Å². The lowest BCUT2D eigenvalue weighted by Crippen LogP contribution is -1.95. The molecule has 0 aliphatic carbocycles. The Morgan fingerprint density at radius 1 is 1.58 bits per heavy atom. The van der Waals surface area contributed by atoms with Crippen LogP contribution >= 0.6 is 11.5 Å². The van der Waals surface area contributed by atoms with Crippen molar-refractivity contribution < 1.29 is 9.90 Å². The van der Waals surface area contributed by atoms with Crippen molar-refractivity contribution in [2.24, 2.45) is 0 Å². The molecule has 2 aromatic rings. The van der Waals surface area contributed by atoms with Gasteiger partial charge in [0.15, 0.2) is 5.69 Å². The minimum absolute atomic E-state index is 0.109. The lowest BCUT2D eigenvalue weighted by Gasteiger charge is -1.87. The largest absolute Gasteiger partial charge is 0.476 e. The summed E-state index contributed by atoms with van der Waals surface area (Å²) in [5.74, 6) is -0.993. The van der Waals surface area contributed by atoms with E-state index in [0.717, 1.165) is 16.2 Å². The van der Waals surface area contributed by atoms with Gasteiger partial charge in [0.25, 0.3) is 0 Å². The Kier molecular flexibility index (Phi) is 1.51. The highest BCUT2D eigenvalue weighted by molar-refractivity contribution is 7.13. The number of fused-ring (bicyclic) bond motifs is 1. The second-order valence-corrected chi connectivity index (χ2v) is 3.01. The minimum Gasteiger partial charge on any atom is -0.476 e. The number of aromatic carboxylic acids is 1. The molecule has 0 aliphatic heterocycles. The molecule has 4 nitrogen and oxygen atoms in total. The van der Waals surface area contributed by atoms with E-state index in [1.165, 1.54) is 0 Å². The SMILES string of the molecule is O=C(O)c1nsc2cnccc12. The van der Waals surface area contributed by atoms with Gasteiger partial charge in [-0.3, -0.25) is 4.98 Å². The third kappa shape index (κ3) is 0.947. The van der Waals surface area contributed by atoms with Crippen LogP contribution in [0.15, 0.2) is 18.5 Å². The number of rotatable bonds is 1. The molecule has 0 atom stereocenters. The van der Waals surface area contributed by atoms with Crippen LogP contribution in [0.4, 0.5) is 0 Å². The lowest BCUT2D eigenvalue weighted by atomic mass is 10.2. The van der Waals surface area contributed by atoms with E-state index in [4.69, 9.17) is 5.11 Å². The maximum atomic E-state index is 10.6. The maximum Gasteiger partial charge on any atom is 0.356 e. The molecule has 2 heterocycles. The van der Waals surface area contributed by atoms with E-state index < -0.39 is 5.97 Å². The summed E-state index contributed by atoms with van der Waals surface area (Å²) >= 11 is 1.15. The van der Waals surface area contributed by atoms with Gasteiger partial charge in [-0.1, -0.05) is 0 Å². The molecule has 60 valence electrons. The van der Waals surface area contributed by atoms with Gasteiger partial charge in [-0.05, 0) is 17.6 Å². The molecule has 2 aromatic heterocycles. The molecule has 0 aliphatic rings. The molecule has 5 heteroatoms. The van der Waals surface area contributed by atoms with Crippen LogP contribution in [0.3, 0.4) is 0 Å². The van der Waals surface area contributed by atoms with Crippen LogP contribution in [-0.4, -0.2) is 20.4 Å². The van der Waals surface area contributed by atoms with E-state index in [1.54, 1.807) is 18.5 Å². The molecule has 0 fully saturated rings. The van der Waals surface area contributed by atoms with Crippen molar-refractivity contribution in [3.63, 3.8) is 0 Å². The Bertz CT molecular complexity index is 438. The molecule has 2 rings (SSSR count). The summed E-state index contributed by atoms with van der Waals surface area (Å²) in [6, 6.07) is 1.66. The van der Waals surface area contributed by atoms with Gasteiger partial charge in [0.1, 0.15) is 0 Å². The zero-order valence-corrected chi connectivity index (χ0v) is 6.71. The average Bonchev–Trinajstić information content (AvgIpc) is 2.47. The maximum absolute atomic E-state index is 10.6. The van der Waals surface area contributed by atoms with Crippen molar-refractivity contribution in [1.29, 1.82) is 0 Å². The molecule has 0 aromatic carbocycles. The van der Waals surface area contributed by atoms with Gasteiger partial charge in [0.05, 0.1) is 4.70 Å². The number of nitrogens with zero attached hydrogens (tertiary/aromatic N) is 2. The molecule has 0 saturated carbocycles. The highest BCUT2D eigenvalue weighted by Crippen LogP contribution is 2.20. The normalized spacial score (nSPS) is 10.3. The summed E-state index contributed by atoms with van der Waals surface area (Å²) in [5, 5.41) is 9.35. The first-order valence-corrected chi connectivity index (χ1v) is 3.99. The Labute approximate surface area is 71.7 Å².